The van der Waals surface area contributed by atoms with Crippen molar-refractivity contribution >= 4 is 5.97 Å². The first-order valence-electron chi connectivity index (χ1n) is 5.88. The van der Waals surface area contributed by atoms with Gasteiger partial charge in [0.2, 0.25) is 0 Å². The summed E-state index contributed by atoms with van der Waals surface area (Å²) in [5.74, 6) is 0.0833. The van der Waals surface area contributed by atoms with Crippen molar-refractivity contribution in [3.63, 3.8) is 0 Å². The summed E-state index contributed by atoms with van der Waals surface area (Å²) in [6.07, 6.45) is 4.17. The first-order valence-corrected chi connectivity index (χ1v) is 5.88. The predicted molar refractivity (Wildman–Crippen MR) is 68.3 cm³/mol. The molecule has 6 nitrogen and oxygen atoms in total. The number of carbonyl (C=O) groups is 1. The van der Waals surface area contributed by atoms with Gasteiger partial charge in [0.25, 0.3) is 0 Å². The van der Waals surface area contributed by atoms with Crippen LogP contribution in [0.1, 0.15) is 22.0 Å². The molecular formula is C13H15N3O3. The third kappa shape index (κ3) is 3.09. The van der Waals surface area contributed by atoms with Crippen LogP contribution in [0.2, 0.25) is 0 Å². The molecule has 6 heteroatoms. The van der Waals surface area contributed by atoms with Crippen LogP contribution in [0.5, 0.6) is 5.75 Å². The Balaban J connectivity index is 2.03. The lowest BCUT2D eigenvalue weighted by Gasteiger charge is -2.09. The van der Waals surface area contributed by atoms with E-state index in [9.17, 15) is 4.79 Å². The molecule has 0 fully saturated rings. The minimum Gasteiger partial charge on any atom is -0.491 e. The normalized spacial score (nSPS) is 10.4. The fraction of sp³-hybridized carbons (Fsp3) is 0.308. The van der Waals surface area contributed by atoms with E-state index in [0.29, 0.717) is 18.7 Å². The van der Waals surface area contributed by atoms with E-state index in [2.05, 4.69) is 9.97 Å². The highest BCUT2D eigenvalue weighted by atomic mass is 16.5. The largest absolute Gasteiger partial charge is 0.491 e. The van der Waals surface area contributed by atoms with Crippen LogP contribution in [-0.2, 0) is 13.5 Å². The van der Waals surface area contributed by atoms with Gasteiger partial charge in [-0.15, -0.1) is 0 Å². The molecule has 0 amide bonds. The molecule has 2 heterocycles. The predicted octanol–water partition coefficient (Wildman–Crippen LogP) is 1.44. The number of carboxylic acid groups (broad SMARTS) is 1. The average Bonchev–Trinajstić information content (AvgIpc) is 2.77. The quantitative estimate of drug-likeness (QED) is 0.881. The van der Waals surface area contributed by atoms with Crippen molar-refractivity contribution in [1.82, 2.24) is 14.5 Å². The zero-order chi connectivity index (χ0) is 13.8. The molecule has 0 saturated carbocycles. The highest BCUT2D eigenvalue weighted by Gasteiger charge is 2.13. The average molecular weight is 261 g/mol. The van der Waals surface area contributed by atoms with Gasteiger partial charge >= 0.3 is 5.97 Å². The molecule has 0 bridgehead atoms. The lowest BCUT2D eigenvalue weighted by atomic mass is 10.3. The number of ether oxygens (including phenoxy) is 1. The molecular weight excluding hydrogens is 246 g/mol. The van der Waals surface area contributed by atoms with Crippen LogP contribution >= 0.6 is 0 Å². The van der Waals surface area contributed by atoms with E-state index >= 15 is 0 Å². The van der Waals surface area contributed by atoms with Crippen LogP contribution in [0.4, 0.5) is 0 Å². The second kappa shape index (κ2) is 5.51. The van der Waals surface area contributed by atoms with Gasteiger partial charge in [0.1, 0.15) is 5.82 Å². The summed E-state index contributed by atoms with van der Waals surface area (Å²) in [4.78, 5) is 19.2. The fourth-order valence-corrected chi connectivity index (χ4v) is 1.70. The van der Waals surface area contributed by atoms with Gasteiger partial charge in [-0.05, 0) is 19.1 Å². The number of nitrogens with zero attached hydrogens (tertiary/aromatic N) is 3. The van der Waals surface area contributed by atoms with Crippen molar-refractivity contribution in [2.75, 3.05) is 6.61 Å². The highest BCUT2D eigenvalue weighted by molar-refractivity contribution is 5.88. The smallest absolute Gasteiger partial charge is 0.358 e. The molecule has 2 aromatic heterocycles. The third-order valence-electron chi connectivity index (χ3n) is 2.70. The molecule has 0 aliphatic heterocycles. The molecule has 0 unspecified atom stereocenters. The second-order valence-corrected chi connectivity index (χ2v) is 4.16. The van der Waals surface area contributed by atoms with Crippen LogP contribution in [0.25, 0.3) is 0 Å². The summed E-state index contributed by atoms with van der Waals surface area (Å²) in [6, 6.07) is 3.35. The van der Waals surface area contributed by atoms with Gasteiger partial charge in [0.15, 0.2) is 11.4 Å². The summed E-state index contributed by atoms with van der Waals surface area (Å²) in [5.41, 5.74) is 0.591. The second-order valence-electron chi connectivity index (χ2n) is 4.16. The zero-order valence-corrected chi connectivity index (χ0v) is 10.8. The van der Waals surface area contributed by atoms with Crippen molar-refractivity contribution < 1.29 is 14.6 Å². The van der Waals surface area contributed by atoms with Crippen LogP contribution in [-0.4, -0.2) is 32.2 Å². The van der Waals surface area contributed by atoms with Crippen molar-refractivity contribution in [1.29, 1.82) is 0 Å². The Morgan fingerprint density at radius 1 is 1.47 bits per heavy atom. The van der Waals surface area contributed by atoms with E-state index in [0.717, 1.165) is 5.82 Å². The SMILES string of the molecule is Cc1ccc(OCCc2nccn2C)c(C(=O)O)n1. The van der Waals surface area contributed by atoms with E-state index in [4.69, 9.17) is 9.84 Å². The molecule has 0 radical (unpaired) electrons. The molecule has 100 valence electrons. The molecule has 0 atom stereocenters. The molecule has 0 spiro atoms. The maximum Gasteiger partial charge on any atom is 0.358 e. The molecule has 0 aliphatic rings. The van der Waals surface area contributed by atoms with Gasteiger partial charge < -0.3 is 14.4 Å². The minimum atomic E-state index is -1.09. The summed E-state index contributed by atoms with van der Waals surface area (Å²) in [5, 5.41) is 9.06. The monoisotopic (exact) mass is 261 g/mol. The van der Waals surface area contributed by atoms with Crippen LogP contribution in [0.15, 0.2) is 24.5 Å². The standard InChI is InChI=1S/C13H15N3O3/c1-9-3-4-10(12(15-9)13(17)18)19-8-5-11-14-6-7-16(11)2/h3-4,6-7H,5,8H2,1-2H3,(H,17,18). The molecule has 0 aromatic carbocycles. The van der Waals surface area contributed by atoms with E-state index in [-0.39, 0.29) is 11.4 Å². The van der Waals surface area contributed by atoms with Gasteiger partial charge in [0.05, 0.1) is 6.61 Å². The molecule has 1 N–H and O–H groups in total. The Labute approximate surface area is 110 Å². The highest BCUT2D eigenvalue weighted by Crippen LogP contribution is 2.17. The summed E-state index contributed by atoms with van der Waals surface area (Å²) < 4.78 is 7.38. The molecule has 2 aromatic rings. The van der Waals surface area contributed by atoms with Gasteiger partial charge in [-0.25, -0.2) is 14.8 Å². The number of carboxylic acids is 1. The molecule has 0 aliphatic carbocycles. The minimum absolute atomic E-state index is 0.0557. The van der Waals surface area contributed by atoms with Crippen LogP contribution in [0.3, 0.4) is 0 Å². The summed E-state index contributed by atoms with van der Waals surface area (Å²) in [7, 11) is 1.90. The Morgan fingerprint density at radius 3 is 2.89 bits per heavy atom. The summed E-state index contributed by atoms with van der Waals surface area (Å²) in [6.45, 7) is 2.10. The maximum absolute atomic E-state index is 11.1. The molecule has 19 heavy (non-hydrogen) atoms. The fourth-order valence-electron chi connectivity index (χ4n) is 1.70. The summed E-state index contributed by atoms with van der Waals surface area (Å²) >= 11 is 0. The lowest BCUT2D eigenvalue weighted by Crippen LogP contribution is -2.10. The number of aryl methyl sites for hydroxylation is 2. The van der Waals surface area contributed by atoms with Crippen molar-refractivity contribution in [3.8, 4) is 5.75 Å². The van der Waals surface area contributed by atoms with E-state index < -0.39 is 5.97 Å². The lowest BCUT2D eigenvalue weighted by molar-refractivity contribution is 0.0685. The number of hydrogen-bond donors (Lipinski definition) is 1. The zero-order valence-electron chi connectivity index (χ0n) is 10.8. The number of hydrogen-bond acceptors (Lipinski definition) is 4. The Morgan fingerprint density at radius 2 is 2.26 bits per heavy atom. The Kier molecular flexibility index (Phi) is 3.79. The maximum atomic E-state index is 11.1. The number of aromatic nitrogens is 3. The van der Waals surface area contributed by atoms with Crippen molar-refractivity contribution in [3.05, 3.63) is 41.7 Å². The van der Waals surface area contributed by atoms with E-state index in [1.165, 1.54) is 0 Å². The van der Waals surface area contributed by atoms with Gasteiger partial charge in [0, 0.05) is 31.6 Å². The molecule has 2 rings (SSSR count). The van der Waals surface area contributed by atoms with Crippen molar-refractivity contribution in [2.24, 2.45) is 7.05 Å². The topological polar surface area (TPSA) is 77.2 Å². The van der Waals surface area contributed by atoms with Crippen LogP contribution < -0.4 is 4.74 Å². The van der Waals surface area contributed by atoms with E-state index in [1.807, 2.05) is 17.8 Å². The number of imidazole rings is 1. The van der Waals surface area contributed by atoms with Crippen LogP contribution in [0, 0.1) is 6.92 Å². The third-order valence-corrected chi connectivity index (χ3v) is 2.70. The number of rotatable bonds is 5. The van der Waals surface area contributed by atoms with Gasteiger partial charge in [-0.3, -0.25) is 0 Å². The number of pyridine rings is 1. The van der Waals surface area contributed by atoms with Gasteiger partial charge in [-0.1, -0.05) is 0 Å². The van der Waals surface area contributed by atoms with E-state index in [1.54, 1.807) is 25.3 Å². The Hall–Kier alpha value is -2.37. The first-order chi connectivity index (χ1) is 9.08. The number of aromatic carboxylic acids is 1. The molecule has 0 saturated heterocycles. The first kappa shape index (κ1) is 13.1. The Bertz CT molecular complexity index is 593. The van der Waals surface area contributed by atoms with Crippen molar-refractivity contribution in [2.45, 2.75) is 13.3 Å². The van der Waals surface area contributed by atoms with Gasteiger partial charge in [-0.2, -0.15) is 0 Å².